The van der Waals surface area contributed by atoms with Crippen LogP contribution in [0, 0.1) is 0 Å². The lowest BCUT2D eigenvalue weighted by Gasteiger charge is -2.07. The molecule has 26 heavy (non-hydrogen) atoms. The van der Waals surface area contributed by atoms with E-state index in [1.165, 1.54) is 13.3 Å². The highest BCUT2D eigenvalue weighted by atomic mass is 32.1. The lowest BCUT2D eigenvalue weighted by molar-refractivity contribution is -0.142. The molecule has 0 unspecified atom stereocenters. The maximum atomic E-state index is 12.2. The third-order valence-corrected chi connectivity index (χ3v) is 4.26. The molecule has 0 aliphatic rings. The van der Waals surface area contributed by atoms with Crippen molar-refractivity contribution < 1.29 is 14.3 Å². The van der Waals surface area contributed by atoms with Crippen molar-refractivity contribution >= 4 is 33.6 Å². The first kappa shape index (κ1) is 18.0. The first-order valence-electron chi connectivity index (χ1n) is 7.98. The first-order valence-corrected chi connectivity index (χ1v) is 8.80. The number of hydrogen-bond acceptors (Lipinski definition) is 8. The number of benzene rings is 1. The van der Waals surface area contributed by atoms with Gasteiger partial charge >= 0.3 is 5.97 Å². The number of nitrogens with one attached hydrogen (secondary N) is 1. The van der Waals surface area contributed by atoms with Crippen molar-refractivity contribution in [3.8, 4) is 0 Å². The fourth-order valence-electron chi connectivity index (χ4n) is 2.24. The molecule has 9 heteroatoms. The molecule has 136 valence electrons. The minimum Gasteiger partial charge on any atom is -0.463 e. The molecule has 0 amide bonds. The van der Waals surface area contributed by atoms with Crippen molar-refractivity contribution in [2.45, 2.75) is 20.2 Å². The summed E-state index contributed by atoms with van der Waals surface area (Å²) in [4.78, 5) is 31.5. The summed E-state index contributed by atoms with van der Waals surface area (Å²) in [6, 6.07) is 9.86. The summed E-state index contributed by atoms with van der Waals surface area (Å²) in [6.07, 6.45) is 1.51. The number of rotatable bonds is 8. The van der Waals surface area contributed by atoms with E-state index in [4.69, 9.17) is 9.47 Å². The van der Waals surface area contributed by atoms with Gasteiger partial charge in [-0.1, -0.05) is 41.7 Å². The maximum absolute atomic E-state index is 12.2. The Bertz CT molecular complexity index is 939. The van der Waals surface area contributed by atoms with E-state index in [9.17, 15) is 9.59 Å². The number of fused-ring (bicyclic) bond motifs is 1. The zero-order valence-corrected chi connectivity index (χ0v) is 15.0. The molecule has 0 saturated carbocycles. The highest BCUT2D eigenvalue weighted by molar-refractivity contribution is 7.13. The molecular formula is C17H18N4O4S. The summed E-state index contributed by atoms with van der Waals surface area (Å²) in [7, 11) is 0. The summed E-state index contributed by atoms with van der Waals surface area (Å²) in [5, 5.41) is 3.69. The van der Waals surface area contributed by atoms with Gasteiger partial charge in [-0.2, -0.15) is 0 Å². The zero-order chi connectivity index (χ0) is 18.4. The van der Waals surface area contributed by atoms with Gasteiger partial charge in [0.2, 0.25) is 0 Å². The summed E-state index contributed by atoms with van der Waals surface area (Å²) < 4.78 is 11.7. The lowest BCUT2D eigenvalue weighted by Crippen LogP contribution is -2.11. The third-order valence-electron chi connectivity index (χ3n) is 3.45. The van der Waals surface area contributed by atoms with Crippen molar-refractivity contribution in [3.63, 3.8) is 0 Å². The Morgan fingerprint density at radius 3 is 2.85 bits per heavy atom. The zero-order valence-electron chi connectivity index (χ0n) is 14.2. The van der Waals surface area contributed by atoms with E-state index in [-0.39, 0.29) is 30.7 Å². The van der Waals surface area contributed by atoms with Crippen LogP contribution in [0.25, 0.3) is 11.2 Å². The van der Waals surface area contributed by atoms with Gasteiger partial charge in [-0.05, 0) is 5.56 Å². The van der Waals surface area contributed by atoms with Crippen LogP contribution in [0.4, 0.5) is 5.13 Å². The van der Waals surface area contributed by atoms with Crippen molar-refractivity contribution in [1.29, 1.82) is 0 Å². The van der Waals surface area contributed by atoms with E-state index in [0.717, 1.165) is 16.9 Å². The Labute approximate surface area is 153 Å². The van der Waals surface area contributed by atoms with Gasteiger partial charge in [0, 0.05) is 13.5 Å². The average Bonchev–Trinajstić information content (AvgIpc) is 3.04. The number of anilines is 1. The first-order chi connectivity index (χ1) is 12.6. The van der Waals surface area contributed by atoms with Gasteiger partial charge in [-0.15, -0.1) is 0 Å². The van der Waals surface area contributed by atoms with E-state index in [0.29, 0.717) is 22.8 Å². The van der Waals surface area contributed by atoms with Crippen molar-refractivity contribution in [2.75, 3.05) is 18.5 Å². The number of carbonyl (C=O) groups is 1. The Morgan fingerprint density at radius 1 is 1.27 bits per heavy atom. The van der Waals surface area contributed by atoms with Crippen LogP contribution in [-0.2, 0) is 27.5 Å². The third kappa shape index (κ3) is 4.64. The van der Waals surface area contributed by atoms with Crippen LogP contribution >= 0.6 is 11.3 Å². The van der Waals surface area contributed by atoms with Crippen molar-refractivity contribution in [1.82, 2.24) is 14.5 Å². The van der Waals surface area contributed by atoms with Crippen LogP contribution in [0.3, 0.4) is 0 Å². The largest absolute Gasteiger partial charge is 0.463 e. The second kappa shape index (κ2) is 8.54. The molecule has 0 atom stereocenters. The molecule has 2 heterocycles. The molecule has 0 radical (unpaired) electrons. The van der Waals surface area contributed by atoms with E-state index in [1.807, 2.05) is 30.3 Å². The number of carbonyl (C=O) groups excluding carboxylic acids is 1. The van der Waals surface area contributed by atoms with Crippen molar-refractivity contribution in [3.05, 3.63) is 51.8 Å². The molecule has 1 N–H and O–H groups in total. The van der Waals surface area contributed by atoms with Gasteiger partial charge in [0.05, 0.1) is 12.9 Å². The molecule has 0 fully saturated rings. The monoisotopic (exact) mass is 374 g/mol. The summed E-state index contributed by atoms with van der Waals surface area (Å²) >= 11 is 1.02. The molecule has 0 aliphatic carbocycles. The molecule has 3 rings (SSSR count). The number of nitrogens with zero attached hydrogens (tertiary/aromatic N) is 3. The van der Waals surface area contributed by atoms with E-state index >= 15 is 0 Å². The number of hydrogen-bond donors (Lipinski definition) is 1. The van der Waals surface area contributed by atoms with Crippen LogP contribution in [0.2, 0.25) is 0 Å². The van der Waals surface area contributed by atoms with Crippen LogP contribution in [0.15, 0.2) is 41.5 Å². The average molecular weight is 374 g/mol. The topological polar surface area (TPSA) is 95.3 Å². The SMILES string of the molecule is CC(=O)OCCOCn1cnc2c(=O)sc(NCc3ccccc3)nc21. The van der Waals surface area contributed by atoms with Gasteiger partial charge < -0.3 is 14.8 Å². The Hall–Kier alpha value is -2.78. The van der Waals surface area contributed by atoms with Crippen LogP contribution in [0.1, 0.15) is 12.5 Å². The number of ether oxygens (including phenoxy) is 2. The molecule has 0 spiro atoms. The highest BCUT2D eigenvalue weighted by Crippen LogP contribution is 2.15. The number of esters is 1. The number of imidazole rings is 1. The Balaban J connectivity index is 1.67. The predicted octanol–water partition coefficient (Wildman–Crippen LogP) is 2.00. The van der Waals surface area contributed by atoms with Gasteiger partial charge in [-0.25, -0.2) is 9.97 Å². The molecule has 0 bridgehead atoms. The molecule has 0 aliphatic heterocycles. The van der Waals surface area contributed by atoms with Gasteiger partial charge in [0.15, 0.2) is 16.3 Å². The smallest absolute Gasteiger partial charge is 0.302 e. The second-order valence-electron chi connectivity index (χ2n) is 5.41. The minimum atomic E-state index is -0.352. The molecule has 1 aromatic carbocycles. The van der Waals surface area contributed by atoms with Crippen molar-refractivity contribution in [2.24, 2.45) is 0 Å². The summed E-state index contributed by atoms with van der Waals surface area (Å²) in [6.45, 7) is 2.50. The predicted molar refractivity (Wildman–Crippen MR) is 98.0 cm³/mol. The lowest BCUT2D eigenvalue weighted by atomic mass is 10.2. The van der Waals surface area contributed by atoms with E-state index in [2.05, 4.69) is 15.3 Å². The standard InChI is InChI=1S/C17H18N4O4S/c1-12(22)25-8-7-24-11-21-10-19-14-15(21)20-17(26-16(14)23)18-9-13-5-3-2-4-6-13/h2-6,10H,7-9,11H2,1H3,(H,18,20). The normalized spacial score (nSPS) is 10.8. The Morgan fingerprint density at radius 2 is 2.08 bits per heavy atom. The maximum Gasteiger partial charge on any atom is 0.302 e. The molecule has 3 aromatic rings. The molecule has 8 nitrogen and oxygen atoms in total. The van der Waals surface area contributed by atoms with Crippen LogP contribution in [0.5, 0.6) is 0 Å². The molecular weight excluding hydrogens is 356 g/mol. The summed E-state index contributed by atoms with van der Waals surface area (Å²) in [5.41, 5.74) is 1.86. The second-order valence-corrected chi connectivity index (χ2v) is 6.37. The number of aromatic nitrogens is 3. The Kier molecular flexibility index (Phi) is 5.92. The van der Waals surface area contributed by atoms with Crippen LogP contribution in [-0.4, -0.2) is 33.7 Å². The summed E-state index contributed by atoms with van der Waals surface area (Å²) in [5.74, 6) is -0.352. The van der Waals surface area contributed by atoms with Gasteiger partial charge in [0.1, 0.15) is 13.3 Å². The van der Waals surface area contributed by atoms with Gasteiger partial charge in [0.25, 0.3) is 4.74 Å². The minimum absolute atomic E-state index is 0.163. The van der Waals surface area contributed by atoms with Crippen LogP contribution < -0.4 is 10.1 Å². The fourth-order valence-corrected chi connectivity index (χ4v) is 2.94. The highest BCUT2D eigenvalue weighted by Gasteiger charge is 2.11. The molecule has 2 aromatic heterocycles. The van der Waals surface area contributed by atoms with E-state index < -0.39 is 0 Å². The van der Waals surface area contributed by atoms with E-state index in [1.54, 1.807) is 4.57 Å². The quantitative estimate of drug-likeness (QED) is 0.476. The van der Waals surface area contributed by atoms with Gasteiger partial charge in [-0.3, -0.25) is 14.2 Å². The molecule has 0 saturated heterocycles. The fraction of sp³-hybridized carbons (Fsp3) is 0.294.